The maximum absolute atomic E-state index is 13.5. The SMILES string of the molecule is CCc1c2c(nc3ccc(OC(=O)N(C)CCCN4CCN(Cc5ccc(-n6c(-c7cc(C(C)C)c(O)cc7O)n[nH]c6=O)cc5)CC4)cc13)-c1cc3c(c(=O)n1C2)COC(=O)[C@H]3O. The number of aryl methyl sites for hydroxylation is 1. The van der Waals surface area contributed by atoms with Crippen molar-refractivity contribution < 1.29 is 34.4 Å². The van der Waals surface area contributed by atoms with Crippen molar-refractivity contribution in [1.82, 2.24) is 39.0 Å². The van der Waals surface area contributed by atoms with Gasteiger partial charge < -0.3 is 39.2 Å². The van der Waals surface area contributed by atoms with E-state index in [9.17, 15) is 34.5 Å². The molecule has 6 aromatic rings. The summed E-state index contributed by atoms with van der Waals surface area (Å²) in [6, 6.07) is 17.6. The van der Waals surface area contributed by atoms with Crippen LogP contribution in [0.15, 0.2) is 70.3 Å². The summed E-state index contributed by atoms with van der Waals surface area (Å²) in [5.74, 6) is -0.329. The van der Waals surface area contributed by atoms with Crippen LogP contribution in [-0.2, 0) is 35.6 Å². The molecule has 3 aromatic carbocycles. The number of aromatic hydroxyl groups is 2. The number of rotatable bonds is 11. The average molecular weight is 871 g/mol. The quantitative estimate of drug-likeness (QED) is 0.129. The molecule has 0 unspecified atom stereocenters. The number of nitrogens with one attached hydrogen (secondary N) is 1. The van der Waals surface area contributed by atoms with Crippen molar-refractivity contribution >= 4 is 23.0 Å². The van der Waals surface area contributed by atoms with Crippen molar-refractivity contribution in [1.29, 1.82) is 0 Å². The maximum atomic E-state index is 13.5. The van der Waals surface area contributed by atoms with Crippen molar-refractivity contribution in [2.75, 3.05) is 46.3 Å². The number of aliphatic hydroxyl groups is 1. The lowest BCUT2D eigenvalue weighted by molar-refractivity contribution is -0.157. The molecule has 1 fully saturated rings. The van der Waals surface area contributed by atoms with E-state index in [1.165, 1.54) is 10.6 Å². The smallest absolute Gasteiger partial charge is 0.414 e. The number of hydrogen-bond acceptors (Lipinski definition) is 13. The van der Waals surface area contributed by atoms with Gasteiger partial charge in [0.1, 0.15) is 23.9 Å². The molecule has 0 aliphatic carbocycles. The van der Waals surface area contributed by atoms with Gasteiger partial charge in [0.25, 0.3) is 5.56 Å². The fraction of sp³-hybridized carbons (Fsp3) is 0.362. The number of aliphatic hydroxyl groups excluding tert-OH is 1. The van der Waals surface area contributed by atoms with E-state index < -0.39 is 23.9 Å². The molecule has 3 aromatic heterocycles. The number of ether oxygens (including phenoxy) is 2. The number of phenolic OH excluding ortho intramolecular Hbond substituents is 2. The Kier molecular flexibility index (Phi) is 11.3. The highest BCUT2D eigenvalue weighted by Gasteiger charge is 2.35. The molecule has 1 atom stereocenters. The van der Waals surface area contributed by atoms with Crippen LogP contribution in [0.2, 0.25) is 0 Å². The average Bonchev–Trinajstić information content (AvgIpc) is 3.85. The summed E-state index contributed by atoms with van der Waals surface area (Å²) >= 11 is 0. The summed E-state index contributed by atoms with van der Waals surface area (Å²) in [6.07, 6.45) is -0.572. The van der Waals surface area contributed by atoms with E-state index in [0.29, 0.717) is 59.0 Å². The number of esters is 1. The van der Waals surface area contributed by atoms with E-state index >= 15 is 0 Å². The molecule has 0 saturated carbocycles. The molecule has 1 saturated heterocycles. The number of aromatic amines is 1. The summed E-state index contributed by atoms with van der Waals surface area (Å²) in [7, 11) is 1.73. The molecular formula is C47H50N8O9. The summed E-state index contributed by atoms with van der Waals surface area (Å²) in [4.78, 5) is 62.9. The van der Waals surface area contributed by atoms with Gasteiger partial charge in [0, 0.05) is 68.9 Å². The number of piperazine rings is 1. The Morgan fingerprint density at radius 2 is 1.72 bits per heavy atom. The molecule has 64 heavy (non-hydrogen) atoms. The first kappa shape index (κ1) is 42.5. The summed E-state index contributed by atoms with van der Waals surface area (Å²) in [6.45, 7) is 11.6. The number of hydrogen-bond donors (Lipinski definition) is 4. The van der Waals surface area contributed by atoms with Gasteiger partial charge in [-0.1, -0.05) is 32.9 Å². The van der Waals surface area contributed by atoms with Gasteiger partial charge >= 0.3 is 17.8 Å². The van der Waals surface area contributed by atoms with Gasteiger partial charge in [-0.3, -0.25) is 9.69 Å². The van der Waals surface area contributed by atoms with Crippen molar-refractivity contribution in [3.05, 3.63) is 115 Å². The van der Waals surface area contributed by atoms with Crippen LogP contribution >= 0.6 is 0 Å². The van der Waals surface area contributed by atoms with Crippen LogP contribution in [0.4, 0.5) is 4.79 Å². The Labute approximate surface area is 367 Å². The Hall–Kier alpha value is -6.82. The number of benzene rings is 3. The first-order chi connectivity index (χ1) is 30.8. The van der Waals surface area contributed by atoms with Crippen molar-refractivity contribution in [2.45, 2.75) is 65.3 Å². The third-order valence-electron chi connectivity index (χ3n) is 12.6. The Morgan fingerprint density at radius 1 is 0.969 bits per heavy atom. The van der Waals surface area contributed by atoms with E-state index in [4.69, 9.17) is 14.5 Å². The Morgan fingerprint density at radius 3 is 2.45 bits per heavy atom. The molecule has 6 heterocycles. The molecule has 3 aliphatic heterocycles. The topological polar surface area (TPSA) is 209 Å². The van der Waals surface area contributed by atoms with Crippen molar-refractivity contribution in [3.63, 3.8) is 0 Å². The minimum atomic E-state index is -1.52. The maximum Gasteiger partial charge on any atom is 0.414 e. The first-order valence-electron chi connectivity index (χ1n) is 21.6. The number of phenols is 2. The number of aromatic nitrogens is 5. The second kappa shape index (κ2) is 17.0. The first-order valence-corrected chi connectivity index (χ1v) is 21.6. The zero-order valence-corrected chi connectivity index (χ0v) is 36.1. The number of carbonyl (C=O) groups is 2. The Balaban J connectivity index is 0.770. The standard InChI is InChI=1S/C47H50N8O9/c1-5-30-32-19-29(11-12-37(32)48-41-35(30)24-54-38(41)21-33-36(44(54)59)25-63-45(60)42(33)58)64-47(62)51(4)13-6-14-52-15-17-53(18-16-52)23-27-7-9-28(10-8-27)55-43(49-50-46(55)61)34-20-31(26(2)3)39(56)22-40(34)57/h7-12,19-22,26,42,56-58H,5-6,13-18,23-25H2,1-4H3,(H,50,61)/t42-/m0/s1. The van der Waals surface area contributed by atoms with Gasteiger partial charge in [-0.15, -0.1) is 0 Å². The molecule has 0 radical (unpaired) electrons. The molecule has 17 nitrogen and oxygen atoms in total. The normalized spacial score (nSPS) is 16.2. The largest absolute Gasteiger partial charge is 0.508 e. The summed E-state index contributed by atoms with van der Waals surface area (Å²) in [5, 5.41) is 39.0. The minimum absolute atomic E-state index is 0.00550. The van der Waals surface area contributed by atoms with Crippen LogP contribution in [0.1, 0.15) is 72.6 Å². The minimum Gasteiger partial charge on any atom is -0.508 e. The third-order valence-corrected chi connectivity index (χ3v) is 12.6. The molecule has 9 rings (SSSR count). The van der Waals surface area contributed by atoms with E-state index in [1.807, 2.05) is 51.1 Å². The lowest BCUT2D eigenvalue weighted by Gasteiger charge is -2.35. The van der Waals surface area contributed by atoms with Gasteiger partial charge in [0.15, 0.2) is 11.9 Å². The molecule has 332 valence electrons. The number of nitrogens with zero attached hydrogens (tertiary/aromatic N) is 7. The Bertz CT molecular complexity index is 2930. The number of H-pyrrole nitrogens is 1. The highest BCUT2D eigenvalue weighted by atomic mass is 16.6. The van der Waals surface area contributed by atoms with E-state index in [-0.39, 0.29) is 46.5 Å². The van der Waals surface area contributed by atoms with Crippen LogP contribution in [0.25, 0.3) is 39.4 Å². The molecule has 0 spiro atoms. The highest BCUT2D eigenvalue weighted by Crippen LogP contribution is 2.40. The predicted molar refractivity (Wildman–Crippen MR) is 237 cm³/mol. The third kappa shape index (κ3) is 7.79. The van der Waals surface area contributed by atoms with Gasteiger partial charge in [-0.25, -0.2) is 29.0 Å². The van der Waals surface area contributed by atoms with E-state index in [0.717, 1.165) is 67.8 Å². The number of fused-ring (bicyclic) bond motifs is 5. The van der Waals surface area contributed by atoms with Crippen LogP contribution in [0.3, 0.4) is 0 Å². The molecule has 17 heteroatoms. The zero-order valence-electron chi connectivity index (χ0n) is 36.1. The summed E-state index contributed by atoms with van der Waals surface area (Å²) in [5.41, 5.74) is 6.15. The van der Waals surface area contributed by atoms with Crippen molar-refractivity contribution in [2.24, 2.45) is 0 Å². The second-order valence-electron chi connectivity index (χ2n) is 17.0. The summed E-state index contributed by atoms with van der Waals surface area (Å²) < 4.78 is 13.9. The zero-order chi connectivity index (χ0) is 45.0. The molecule has 3 aliphatic rings. The fourth-order valence-corrected chi connectivity index (χ4v) is 9.09. The number of amides is 1. The molecule has 4 N–H and O–H groups in total. The molecule has 1 amide bonds. The monoisotopic (exact) mass is 870 g/mol. The number of cyclic esters (lactones) is 1. The molecule has 0 bridgehead atoms. The highest BCUT2D eigenvalue weighted by molar-refractivity contribution is 5.90. The van der Waals surface area contributed by atoms with Gasteiger partial charge in [0.05, 0.1) is 40.3 Å². The van der Waals surface area contributed by atoms with Gasteiger partial charge in [0.2, 0.25) is 0 Å². The van der Waals surface area contributed by atoms with E-state index in [1.54, 1.807) is 40.8 Å². The predicted octanol–water partition coefficient (Wildman–Crippen LogP) is 4.79. The fourth-order valence-electron chi connectivity index (χ4n) is 9.09. The number of pyridine rings is 2. The lowest BCUT2D eigenvalue weighted by Crippen LogP contribution is -2.46. The van der Waals surface area contributed by atoms with Crippen LogP contribution in [0.5, 0.6) is 17.2 Å². The van der Waals surface area contributed by atoms with Crippen molar-refractivity contribution in [3.8, 4) is 45.7 Å². The van der Waals surface area contributed by atoms with Gasteiger partial charge in [-0.05, 0) is 84.5 Å². The molecular weight excluding hydrogens is 821 g/mol. The van der Waals surface area contributed by atoms with Crippen LogP contribution in [0, 0.1) is 0 Å². The number of carbonyl (C=O) groups excluding carboxylic acids is 2. The van der Waals surface area contributed by atoms with Crippen LogP contribution < -0.4 is 16.0 Å². The second-order valence-corrected chi connectivity index (χ2v) is 17.0. The lowest BCUT2D eigenvalue weighted by atomic mass is 9.97. The van der Waals surface area contributed by atoms with Crippen LogP contribution in [-0.4, -0.2) is 113 Å². The van der Waals surface area contributed by atoms with Gasteiger partial charge in [-0.2, -0.15) is 5.10 Å². The van der Waals surface area contributed by atoms with E-state index in [2.05, 4.69) is 20.0 Å².